The van der Waals surface area contributed by atoms with Gasteiger partial charge in [-0.25, -0.2) is 4.98 Å². The Hall–Kier alpha value is -2.24. The summed E-state index contributed by atoms with van der Waals surface area (Å²) in [6.07, 6.45) is 5.04. The van der Waals surface area contributed by atoms with Crippen LogP contribution in [0.4, 0.5) is 0 Å². The lowest BCUT2D eigenvalue weighted by Crippen LogP contribution is -2.32. The molecule has 0 saturated carbocycles. The number of rotatable bonds is 5. The van der Waals surface area contributed by atoms with Gasteiger partial charge in [0, 0.05) is 25.0 Å². The smallest absolute Gasteiger partial charge is 0.212 e. The summed E-state index contributed by atoms with van der Waals surface area (Å²) >= 11 is 0. The molecule has 26 heavy (non-hydrogen) atoms. The molecular weight excluding hydrogens is 324 g/mol. The summed E-state index contributed by atoms with van der Waals surface area (Å²) in [5, 5.41) is 0. The van der Waals surface area contributed by atoms with Crippen molar-refractivity contribution < 1.29 is 4.42 Å². The van der Waals surface area contributed by atoms with E-state index in [4.69, 9.17) is 4.42 Å². The minimum atomic E-state index is 0.142. The summed E-state index contributed by atoms with van der Waals surface area (Å²) in [6.45, 7) is 4.29. The lowest BCUT2D eigenvalue weighted by molar-refractivity contribution is 0.170. The van der Waals surface area contributed by atoms with E-state index in [-0.39, 0.29) is 6.04 Å². The van der Waals surface area contributed by atoms with E-state index in [2.05, 4.69) is 46.9 Å². The predicted octanol–water partition coefficient (Wildman–Crippen LogP) is 3.91. The van der Waals surface area contributed by atoms with Gasteiger partial charge in [0.2, 0.25) is 5.89 Å². The molecule has 2 aromatic heterocycles. The van der Waals surface area contributed by atoms with Crippen LogP contribution in [-0.4, -0.2) is 47.0 Å². The average Bonchev–Trinajstić information content (AvgIpc) is 3.25. The zero-order valence-electron chi connectivity index (χ0n) is 15.7. The Morgan fingerprint density at radius 1 is 1.27 bits per heavy atom. The minimum absolute atomic E-state index is 0.142. The normalized spacial score (nSPS) is 22.3. The van der Waals surface area contributed by atoms with Gasteiger partial charge in [0.25, 0.3) is 0 Å². The Labute approximate surface area is 154 Å². The van der Waals surface area contributed by atoms with E-state index in [0.29, 0.717) is 12.0 Å². The maximum absolute atomic E-state index is 5.97. The van der Waals surface area contributed by atoms with Crippen LogP contribution in [0.1, 0.15) is 36.9 Å². The van der Waals surface area contributed by atoms with E-state index in [1.54, 1.807) is 0 Å². The van der Waals surface area contributed by atoms with Crippen molar-refractivity contribution in [2.24, 2.45) is 5.92 Å². The fourth-order valence-electron chi connectivity index (χ4n) is 4.08. The first kappa shape index (κ1) is 17.2. The zero-order chi connectivity index (χ0) is 18.1. The molecule has 0 unspecified atom stereocenters. The SMILES string of the molecule is C[C@@H](c1nc2ccccc2o1)N(C)C[C@@H]1CCN(C)[C@H]1c1cccnc1. The highest BCUT2D eigenvalue weighted by molar-refractivity contribution is 5.72. The molecule has 0 spiro atoms. The molecule has 0 aliphatic carbocycles. The molecule has 0 N–H and O–H groups in total. The van der Waals surface area contributed by atoms with Gasteiger partial charge in [0.15, 0.2) is 5.58 Å². The molecule has 1 aromatic carbocycles. The van der Waals surface area contributed by atoms with Crippen molar-refractivity contribution >= 4 is 11.1 Å². The van der Waals surface area contributed by atoms with Crippen LogP contribution in [0.25, 0.3) is 11.1 Å². The third kappa shape index (κ3) is 3.24. The second-order valence-electron chi connectivity index (χ2n) is 7.40. The lowest BCUT2D eigenvalue weighted by atomic mass is 9.94. The van der Waals surface area contributed by atoms with Crippen molar-refractivity contribution in [1.82, 2.24) is 19.8 Å². The van der Waals surface area contributed by atoms with Gasteiger partial charge >= 0.3 is 0 Å². The molecular formula is C21H26N4O. The second kappa shape index (κ2) is 7.17. The van der Waals surface area contributed by atoms with E-state index in [1.807, 2.05) is 42.7 Å². The number of likely N-dealkylation sites (tertiary alicyclic amines) is 1. The van der Waals surface area contributed by atoms with Crippen molar-refractivity contribution in [3.05, 3.63) is 60.2 Å². The van der Waals surface area contributed by atoms with E-state index < -0.39 is 0 Å². The largest absolute Gasteiger partial charge is 0.439 e. The van der Waals surface area contributed by atoms with Gasteiger partial charge < -0.3 is 4.42 Å². The number of oxazole rings is 1. The molecule has 0 radical (unpaired) electrons. The Kier molecular flexibility index (Phi) is 4.74. The molecule has 1 fully saturated rings. The van der Waals surface area contributed by atoms with Crippen LogP contribution in [0.5, 0.6) is 0 Å². The van der Waals surface area contributed by atoms with Crippen LogP contribution in [-0.2, 0) is 0 Å². The number of benzene rings is 1. The third-order valence-corrected chi connectivity index (χ3v) is 5.65. The van der Waals surface area contributed by atoms with E-state index in [1.165, 1.54) is 12.0 Å². The Balaban J connectivity index is 1.50. The molecule has 5 heteroatoms. The van der Waals surface area contributed by atoms with E-state index in [9.17, 15) is 0 Å². The highest BCUT2D eigenvalue weighted by Gasteiger charge is 2.34. The molecule has 5 nitrogen and oxygen atoms in total. The van der Waals surface area contributed by atoms with Crippen LogP contribution in [0.2, 0.25) is 0 Å². The molecule has 0 amide bonds. The van der Waals surface area contributed by atoms with Crippen LogP contribution < -0.4 is 0 Å². The second-order valence-corrected chi connectivity index (χ2v) is 7.40. The van der Waals surface area contributed by atoms with Crippen molar-refractivity contribution in [3.63, 3.8) is 0 Å². The number of hydrogen-bond donors (Lipinski definition) is 0. The maximum atomic E-state index is 5.97. The summed E-state index contributed by atoms with van der Waals surface area (Å²) in [4.78, 5) is 13.8. The highest BCUT2D eigenvalue weighted by Crippen LogP contribution is 2.37. The van der Waals surface area contributed by atoms with Gasteiger partial charge in [-0.1, -0.05) is 18.2 Å². The van der Waals surface area contributed by atoms with E-state index in [0.717, 1.165) is 30.1 Å². The zero-order valence-corrected chi connectivity index (χ0v) is 15.7. The third-order valence-electron chi connectivity index (χ3n) is 5.65. The Morgan fingerprint density at radius 2 is 2.12 bits per heavy atom. The van der Waals surface area contributed by atoms with Crippen molar-refractivity contribution in [3.8, 4) is 0 Å². The monoisotopic (exact) mass is 350 g/mol. The van der Waals surface area contributed by atoms with Gasteiger partial charge in [-0.2, -0.15) is 0 Å². The van der Waals surface area contributed by atoms with E-state index >= 15 is 0 Å². The van der Waals surface area contributed by atoms with Crippen LogP contribution >= 0.6 is 0 Å². The van der Waals surface area contributed by atoms with Gasteiger partial charge in [0.05, 0.1) is 6.04 Å². The van der Waals surface area contributed by atoms with Gasteiger partial charge in [0.1, 0.15) is 5.52 Å². The standard InChI is InChI=1S/C21H26N4O/c1-15(21-23-18-8-4-5-9-19(18)26-21)25(3)14-17-10-12-24(2)20(17)16-7-6-11-22-13-16/h4-9,11,13,15,17,20H,10,12,14H2,1-3H3/t15-,17-,20-/m0/s1. The first-order valence-electron chi connectivity index (χ1n) is 9.29. The summed E-state index contributed by atoms with van der Waals surface area (Å²) < 4.78 is 5.97. The number of hydrogen-bond acceptors (Lipinski definition) is 5. The van der Waals surface area contributed by atoms with Crippen molar-refractivity contribution in [1.29, 1.82) is 0 Å². The maximum Gasteiger partial charge on any atom is 0.212 e. The highest BCUT2D eigenvalue weighted by atomic mass is 16.3. The average molecular weight is 350 g/mol. The fraction of sp³-hybridized carbons (Fsp3) is 0.429. The molecule has 4 rings (SSSR count). The topological polar surface area (TPSA) is 45.4 Å². The Bertz CT molecular complexity index is 830. The molecule has 0 bridgehead atoms. The van der Waals surface area contributed by atoms with Crippen LogP contribution in [0.3, 0.4) is 0 Å². The van der Waals surface area contributed by atoms with Gasteiger partial charge in [-0.3, -0.25) is 14.8 Å². The molecule has 3 aromatic rings. The van der Waals surface area contributed by atoms with Crippen LogP contribution in [0, 0.1) is 5.92 Å². The molecule has 3 heterocycles. The summed E-state index contributed by atoms with van der Waals surface area (Å²) in [7, 11) is 4.38. The first-order chi connectivity index (χ1) is 12.6. The fourth-order valence-corrected chi connectivity index (χ4v) is 4.08. The van der Waals surface area contributed by atoms with Crippen molar-refractivity contribution in [2.45, 2.75) is 25.4 Å². The van der Waals surface area contributed by atoms with Crippen LogP contribution in [0.15, 0.2) is 53.2 Å². The first-order valence-corrected chi connectivity index (χ1v) is 9.29. The Morgan fingerprint density at radius 3 is 2.88 bits per heavy atom. The summed E-state index contributed by atoms with van der Waals surface area (Å²) in [5.41, 5.74) is 3.09. The number of pyridine rings is 1. The van der Waals surface area contributed by atoms with Gasteiger partial charge in [-0.05, 0) is 63.7 Å². The van der Waals surface area contributed by atoms with Crippen molar-refractivity contribution in [2.75, 3.05) is 27.2 Å². The number of nitrogens with zero attached hydrogens (tertiary/aromatic N) is 4. The number of para-hydroxylation sites is 2. The molecule has 3 atom stereocenters. The summed E-state index contributed by atoms with van der Waals surface area (Å²) in [6, 6.07) is 12.7. The quantitative estimate of drug-likeness (QED) is 0.698. The minimum Gasteiger partial charge on any atom is -0.439 e. The lowest BCUT2D eigenvalue weighted by Gasteiger charge is -2.30. The summed E-state index contributed by atoms with van der Waals surface area (Å²) in [5.74, 6) is 1.36. The molecule has 1 aliphatic heterocycles. The molecule has 1 saturated heterocycles. The molecule has 1 aliphatic rings. The number of aromatic nitrogens is 2. The predicted molar refractivity (Wildman–Crippen MR) is 103 cm³/mol. The number of fused-ring (bicyclic) bond motifs is 1. The van der Waals surface area contributed by atoms with Gasteiger partial charge in [-0.15, -0.1) is 0 Å². The molecule has 136 valence electrons.